The third kappa shape index (κ3) is 7.31. The molecule has 1 aromatic carbocycles. The molecule has 21 heavy (non-hydrogen) atoms. The van der Waals surface area contributed by atoms with Gasteiger partial charge >= 0.3 is 0 Å². The van der Waals surface area contributed by atoms with Crippen LogP contribution in [-0.2, 0) is 9.59 Å². The van der Waals surface area contributed by atoms with Crippen LogP contribution in [0.1, 0.15) is 38.5 Å². The number of nitrogens with one attached hydrogen (secondary N) is 2. The van der Waals surface area contributed by atoms with Gasteiger partial charge in [-0.2, -0.15) is 0 Å². The van der Waals surface area contributed by atoms with Gasteiger partial charge in [-0.05, 0) is 25.0 Å². The third-order valence-corrected chi connectivity index (χ3v) is 3.04. The van der Waals surface area contributed by atoms with Gasteiger partial charge in [-0.1, -0.05) is 18.9 Å². The summed E-state index contributed by atoms with van der Waals surface area (Å²) in [5.41, 5.74) is 2.32. The van der Waals surface area contributed by atoms with Crippen molar-refractivity contribution < 1.29 is 19.5 Å². The first-order chi connectivity index (χ1) is 10.2. The van der Waals surface area contributed by atoms with Crippen LogP contribution in [0.4, 0.5) is 5.69 Å². The molecule has 0 aliphatic rings. The zero-order valence-electron chi connectivity index (χ0n) is 12.2. The Morgan fingerprint density at radius 2 is 1.76 bits per heavy atom. The molecule has 6 nitrogen and oxygen atoms in total. The molecule has 6 heteroatoms. The maximum Gasteiger partial charge on any atom is 0.243 e. The minimum Gasteiger partial charge on any atom is -0.497 e. The number of rotatable bonds is 9. The summed E-state index contributed by atoms with van der Waals surface area (Å²) in [4.78, 5) is 22.5. The van der Waals surface area contributed by atoms with Crippen molar-refractivity contribution in [3.05, 3.63) is 24.3 Å². The van der Waals surface area contributed by atoms with Gasteiger partial charge in [0.2, 0.25) is 11.8 Å². The number of methoxy groups -OCH3 is 1. The molecule has 3 N–H and O–H groups in total. The second-order valence-corrected chi connectivity index (χ2v) is 4.73. The van der Waals surface area contributed by atoms with Crippen LogP contribution in [0.5, 0.6) is 5.75 Å². The molecule has 0 aliphatic carbocycles. The van der Waals surface area contributed by atoms with Gasteiger partial charge in [0.15, 0.2) is 0 Å². The Balaban J connectivity index is 2.15. The van der Waals surface area contributed by atoms with E-state index in [1.165, 1.54) is 0 Å². The molecule has 1 aromatic rings. The summed E-state index contributed by atoms with van der Waals surface area (Å²) in [6.07, 6.45) is 3.99. The van der Waals surface area contributed by atoms with E-state index in [1.54, 1.807) is 18.7 Å². The van der Waals surface area contributed by atoms with E-state index in [1.807, 2.05) is 18.2 Å². The van der Waals surface area contributed by atoms with Gasteiger partial charge in [0.25, 0.3) is 0 Å². The summed E-state index contributed by atoms with van der Waals surface area (Å²) >= 11 is 0. The molecule has 0 saturated carbocycles. The van der Waals surface area contributed by atoms with E-state index in [0.29, 0.717) is 25.0 Å². The predicted molar refractivity (Wildman–Crippen MR) is 79.3 cm³/mol. The second kappa shape index (κ2) is 9.77. The van der Waals surface area contributed by atoms with Crippen molar-refractivity contribution in [2.24, 2.45) is 0 Å². The zero-order chi connectivity index (χ0) is 15.5. The van der Waals surface area contributed by atoms with Crippen molar-refractivity contribution in [3.8, 4) is 5.75 Å². The van der Waals surface area contributed by atoms with Crippen LogP contribution in [0.2, 0.25) is 0 Å². The van der Waals surface area contributed by atoms with E-state index in [0.717, 1.165) is 24.9 Å². The molecule has 1 rings (SSSR count). The van der Waals surface area contributed by atoms with Gasteiger partial charge in [0, 0.05) is 24.6 Å². The Labute approximate surface area is 124 Å². The smallest absolute Gasteiger partial charge is 0.243 e. The van der Waals surface area contributed by atoms with Crippen molar-refractivity contribution in [1.82, 2.24) is 5.48 Å². The van der Waals surface area contributed by atoms with E-state index >= 15 is 0 Å². The third-order valence-electron chi connectivity index (χ3n) is 3.04. The average Bonchev–Trinajstić information content (AvgIpc) is 2.50. The van der Waals surface area contributed by atoms with Crippen LogP contribution in [0.25, 0.3) is 0 Å². The lowest BCUT2D eigenvalue weighted by Crippen LogP contribution is -2.17. The predicted octanol–water partition coefficient (Wildman–Crippen LogP) is 2.48. The lowest BCUT2D eigenvalue weighted by Gasteiger charge is -2.07. The minimum absolute atomic E-state index is 0.0312. The van der Waals surface area contributed by atoms with Gasteiger partial charge in [0.05, 0.1) is 7.11 Å². The summed E-state index contributed by atoms with van der Waals surface area (Å²) in [5, 5.41) is 11.1. The molecule has 0 spiro atoms. The maximum atomic E-state index is 11.8. The van der Waals surface area contributed by atoms with Crippen molar-refractivity contribution in [3.63, 3.8) is 0 Å². The zero-order valence-corrected chi connectivity index (χ0v) is 12.2. The number of ether oxygens (including phenoxy) is 1. The van der Waals surface area contributed by atoms with E-state index < -0.39 is 0 Å². The number of hydroxylamine groups is 1. The Morgan fingerprint density at radius 1 is 1.10 bits per heavy atom. The number of unbranched alkanes of at least 4 members (excludes halogenated alkanes) is 3. The number of amides is 2. The minimum atomic E-state index is -0.370. The van der Waals surface area contributed by atoms with Crippen LogP contribution < -0.4 is 15.5 Å². The van der Waals surface area contributed by atoms with Gasteiger partial charge < -0.3 is 10.1 Å². The number of benzene rings is 1. The molecule has 116 valence electrons. The SMILES string of the molecule is COc1cccc(NC(=O)CCCCCCC(=O)NO)c1. The number of carbonyl (C=O) groups is 2. The van der Waals surface area contributed by atoms with Crippen molar-refractivity contribution in [1.29, 1.82) is 0 Å². The molecule has 2 amide bonds. The van der Waals surface area contributed by atoms with Crippen LogP contribution in [-0.4, -0.2) is 24.1 Å². The van der Waals surface area contributed by atoms with E-state index in [9.17, 15) is 9.59 Å². The first kappa shape index (κ1) is 17.0. The number of hydrogen-bond donors (Lipinski definition) is 3. The standard InChI is InChI=1S/C15H22N2O4/c1-21-13-8-6-7-12(11-13)16-14(18)9-4-2-3-5-10-15(19)17-20/h6-8,11,20H,2-5,9-10H2,1H3,(H,16,18)(H,17,19). The topological polar surface area (TPSA) is 87.7 Å². The molecule has 0 aliphatic heterocycles. The Morgan fingerprint density at radius 3 is 2.38 bits per heavy atom. The highest BCUT2D eigenvalue weighted by Crippen LogP contribution is 2.17. The molecule has 0 heterocycles. The molecule has 0 radical (unpaired) electrons. The number of anilines is 1. The van der Waals surface area contributed by atoms with Crippen molar-refractivity contribution in [2.45, 2.75) is 38.5 Å². The highest BCUT2D eigenvalue weighted by Gasteiger charge is 2.04. The monoisotopic (exact) mass is 294 g/mol. The van der Waals surface area contributed by atoms with Crippen molar-refractivity contribution >= 4 is 17.5 Å². The molecule has 0 fully saturated rings. The normalized spacial score (nSPS) is 10.0. The van der Waals surface area contributed by atoms with E-state index in [2.05, 4.69) is 5.32 Å². The lowest BCUT2D eigenvalue weighted by molar-refractivity contribution is -0.129. The van der Waals surface area contributed by atoms with Gasteiger partial charge in [-0.3, -0.25) is 14.8 Å². The fourth-order valence-electron chi connectivity index (χ4n) is 1.90. The summed E-state index contributed by atoms with van der Waals surface area (Å²) in [7, 11) is 1.58. The van der Waals surface area contributed by atoms with Crippen LogP contribution >= 0.6 is 0 Å². The van der Waals surface area contributed by atoms with Crippen molar-refractivity contribution in [2.75, 3.05) is 12.4 Å². The summed E-state index contributed by atoms with van der Waals surface area (Å²) in [6.45, 7) is 0. The fraction of sp³-hybridized carbons (Fsp3) is 0.467. The highest BCUT2D eigenvalue weighted by molar-refractivity contribution is 5.90. The first-order valence-electron chi connectivity index (χ1n) is 7.02. The second-order valence-electron chi connectivity index (χ2n) is 4.73. The molecule has 0 bridgehead atoms. The van der Waals surface area contributed by atoms with E-state index in [4.69, 9.17) is 9.94 Å². The maximum absolute atomic E-state index is 11.8. The lowest BCUT2D eigenvalue weighted by atomic mass is 10.1. The fourth-order valence-corrected chi connectivity index (χ4v) is 1.90. The Bertz CT molecular complexity index is 463. The van der Waals surface area contributed by atoms with Gasteiger partial charge in [0.1, 0.15) is 5.75 Å². The molecule has 0 saturated heterocycles. The Kier molecular flexibility index (Phi) is 7.89. The van der Waals surface area contributed by atoms with Crippen LogP contribution in [0.15, 0.2) is 24.3 Å². The summed E-state index contributed by atoms with van der Waals surface area (Å²) in [6, 6.07) is 7.22. The highest BCUT2D eigenvalue weighted by atomic mass is 16.5. The molecule has 0 aromatic heterocycles. The van der Waals surface area contributed by atoms with Gasteiger partial charge in [-0.15, -0.1) is 0 Å². The molecule has 0 unspecified atom stereocenters. The number of hydrogen-bond acceptors (Lipinski definition) is 4. The number of carbonyl (C=O) groups excluding carboxylic acids is 2. The first-order valence-corrected chi connectivity index (χ1v) is 7.02. The molecular formula is C15H22N2O4. The van der Waals surface area contributed by atoms with Crippen LogP contribution in [0.3, 0.4) is 0 Å². The Hall–Kier alpha value is -2.08. The van der Waals surface area contributed by atoms with E-state index in [-0.39, 0.29) is 11.8 Å². The molecular weight excluding hydrogens is 272 g/mol. The quantitative estimate of drug-likeness (QED) is 0.371. The molecule has 0 atom stereocenters. The van der Waals surface area contributed by atoms with Crippen LogP contribution in [0, 0.1) is 0 Å². The largest absolute Gasteiger partial charge is 0.497 e. The average molecular weight is 294 g/mol. The summed E-state index contributed by atoms with van der Waals surface area (Å²) in [5.74, 6) is 0.303. The van der Waals surface area contributed by atoms with Gasteiger partial charge in [-0.25, -0.2) is 5.48 Å². The summed E-state index contributed by atoms with van der Waals surface area (Å²) < 4.78 is 5.09.